The molecule has 3 nitrogen and oxygen atoms in total. The highest BCUT2D eigenvalue weighted by Gasteiger charge is 2.42. The second-order valence-corrected chi connectivity index (χ2v) is 4.85. The lowest BCUT2D eigenvalue weighted by atomic mass is 9.95. The van der Waals surface area contributed by atoms with Crippen molar-refractivity contribution in [3.05, 3.63) is 34.3 Å². The molecular formula is C11H6Cl2F3NO2. The van der Waals surface area contributed by atoms with Crippen molar-refractivity contribution in [2.24, 2.45) is 0 Å². The lowest BCUT2D eigenvalue weighted by Crippen LogP contribution is -2.22. The van der Waals surface area contributed by atoms with Crippen molar-refractivity contribution in [2.75, 3.05) is 0 Å². The number of hydrogen-bond acceptors (Lipinski definition) is 2. The normalized spacial score (nSPS) is 23.6. The van der Waals surface area contributed by atoms with Crippen molar-refractivity contribution in [1.29, 1.82) is 0 Å². The monoisotopic (exact) mass is 311 g/mol. The first kappa shape index (κ1) is 14.1. The molecule has 0 aliphatic carbocycles. The molecule has 2 rings (SSSR count). The van der Waals surface area contributed by atoms with Gasteiger partial charge in [-0.25, -0.2) is 0 Å². The summed E-state index contributed by atoms with van der Waals surface area (Å²) in [5.74, 6) is -2.59. The summed E-state index contributed by atoms with van der Waals surface area (Å²) in [6, 6.07) is 3.01. The van der Waals surface area contributed by atoms with Crippen LogP contribution in [0.1, 0.15) is 17.0 Å². The van der Waals surface area contributed by atoms with E-state index in [1.165, 1.54) is 6.07 Å². The number of carbonyl (C=O) groups excluding carboxylic acids is 2. The third-order valence-corrected chi connectivity index (χ3v) is 3.51. The topological polar surface area (TPSA) is 46.2 Å². The zero-order valence-electron chi connectivity index (χ0n) is 9.09. The fourth-order valence-electron chi connectivity index (χ4n) is 1.83. The van der Waals surface area contributed by atoms with Gasteiger partial charge in [0.15, 0.2) is 0 Å². The number of carbonyl (C=O) groups is 2. The van der Waals surface area contributed by atoms with Gasteiger partial charge in [-0.05, 0) is 17.7 Å². The molecule has 0 saturated carbocycles. The molecule has 102 valence electrons. The highest BCUT2D eigenvalue weighted by atomic mass is 35.5. The van der Waals surface area contributed by atoms with Crippen molar-refractivity contribution in [3.8, 4) is 0 Å². The molecule has 1 aliphatic rings. The molecule has 19 heavy (non-hydrogen) atoms. The van der Waals surface area contributed by atoms with Gasteiger partial charge in [0, 0.05) is 0 Å². The molecule has 0 radical (unpaired) electrons. The number of halogens is 5. The average molecular weight is 312 g/mol. The zero-order valence-corrected chi connectivity index (χ0v) is 10.6. The van der Waals surface area contributed by atoms with Crippen LogP contribution in [0.3, 0.4) is 0 Å². The van der Waals surface area contributed by atoms with Gasteiger partial charge in [0.05, 0.1) is 16.5 Å². The number of rotatable bonds is 1. The molecule has 2 amide bonds. The summed E-state index contributed by atoms with van der Waals surface area (Å²) in [7, 11) is 0. The zero-order chi connectivity index (χ0) is 14.4. The van der Waals surface area contributed by atoms with Crippen molar-refractivity contribution in [2.45, 2.75) is 17.5 Å². The number of amides is 2. The van der Waals surface area contributed by atoms with Gasteiger partial charge in [-0.15, -0.1) is 11.6 Å². The van der Waals surface area contributed by atoms with E-state index in [1.54, 1.807) is 0 Å². The molecule has 8 heteroatoms. The molecule has 1 heterocycles. The van der Waals surface area contributed by atoms with Gasteiger partial charge in [0.2, 0.25) is 11.8 Å². The molecule has 1 saturated heterocycles. The molecule has 1 aromatic rings. The van der Waals surface area contributed by atoms with Crippen LogP contribution in [-0.4, -0.2) is 17.2 Å². The Bertz CT molecular complexity index is 559. The minimum absolute atomic E-state index is 0.0000694. The lowest BCUT2D eigenvalue weighted by Gasteiger charge is -2.14. The first-order valence-electron chi connectivity index (χ1n) is 5.07. The molecule has 2 unspecified atom stereocenters. The summed E-state index contributed by atoms with van der Waals surface area (Å²) in [6.07, 6.45) is -4.64. The van der Waals surface area contributed by atoms with Crippen molar-refractivity contribution >= 4 is 35.0 Å². The van der Waals surface area contributed by atoms with Crippen molar-refractivity contribution < 1.29 is 22.8 Å². The van der Waals surface area contributed by atoms with Gasteiger partial charge in [-0.3, -0.25) is 14.9 Å². The molecule has 0 spiro atoms. The maximum atomic E-state index is 12.7. The summed E-state index contributed by atoms with van der Waals surface area (Å²) in [4.78, 5) is 22.7. The van der Waals surface area contributed by atoms with Gasteiger partial charge in [-0.2, -0.15) is 13.2 Å². The summed E-state index contributed by atoms with van der Waals surface area (Å²) in [5.41, 5.74) is -1.07. The predicted octanol–water partition coefficient (Wildman–Crippen LogP) is 2.71. The van der Waals surface area contributed by atoms with E-state index >= 15 is 0 Å². The van der Waals surface area contributed by atoms with E-state index in [0.29, 0.717) is 0 Å². The molecule has 1 N–H and O–H groups in total. The molecule has 0 bridgehead atoms. The highest BCUT2D eigenvalue weighted by molar-refractivity contribution is 6.37. The van der Waals surface area contributed by atoms with E-state index < -0.39 is 39.9 Å². The smallest absolute Gasteiger partial charge is 0.295 e. The Morgan fingerprint density at radius 1 is 1.16 bits per heavy atom. The summed E-state index contributed by atoms with van der Waals surface area (Å²) in [6.45, 7) is 0. The number of nitrogens with one attached hydrogen (secondary N) is 1. The highest BCUT2D eigenvalue weighted by Crippen LogP contribution is 2.38. The molecule has 2 atom stereocenters. The van der Waals surface area contributed by atoms with Crippen LogP contribution in [0, 0.1) is 0 Å². The van der Waals surface area contributed by atoms with Gasteiger partial charge < -0.3 is 0 Å². The minimum atomic E-state index is -4.64. The number of alkyl halides is 4. The maximum absolute atomic E-state index is 12.7. The van der Waals surface area contributed by atoms with Gasteiger partial charge >= 0.3 is 6.18 Å². The Kier molecular flexibility index (Phi) is 3.49. The molecule has 1 aromatic carbocycles. The molecule has 0 aromatic heterocycles. The van der Waals surface area contributed by atoms with Crippen molar-refractivity contribution in [1.82, 2.24) is 5.32 Å². The van der Waals surface area contributed by atoms with Crippen LogP contribution in [0.2, 0.25) is 5.02 Å². The lowest BCUT2D eigenvalue weighted by molar-refractivity contribution is -0.137. The van der Waals surface area contributed by atoms with Crippen LogP contribution in [0.15, 0.2) is 18.2 Å². The average Bonchev–Trinajstić information content (AvgIpc) is 2.53. The fourth-order valence-corrected chi connectivity index (χ4v) is 2.37. The van der Waals surface area contributed by atoms with Crippen LogP contribution < -0.4 is 5.32 Å². The molecule has 1 aliphatic heterocycles. The standard InChI is InChI=1S/C11H6Cl2F3NO2/c12-6-2-1-4(3-5(6)11(14,15)16)7-8(13)10(19)17-9(7)18/h1-3,7-8H,(H,17,18,19). The Labute approximate surface area is 115 Å². The van der Waals surface area contributed by atoms with E-state index in [2.05, 4.69) is 0 Å². The summed E-state index contributed by atoms with van der Waals surface area (Å²) in [5, 5.41) is 0.257. The minimum Gasteiger partial charge on any atom is -0.295 e. The Morgan fingerprint density at radius 3 is 2.26 bits per heavy atom. The van der Waals surface area contributed by atoms with Crippen LogP contribution in [0.4, 0.5) is 13.2 Å². The Morgan fingerprint density at radius 2 is 1.79 bits per heavy atom. The van der Waals surface area contributed by atoms with E-state index in [9.17, 15) is 22.8 Å². The van der Waals surface area contributed by atoms with E-state index in [4.69, 9.17) is 23.2 Å². The van der Waals surface area contributed by atoms with Crippen molar-refractivity contribution in [3.63, 3.8) is 0 Å². The SMILES string of the molecule is O=C1NC(=O)C(c2ccc(Cl)c(C(F)(F)F)c2)C1Cl. The quantitative estimate of drug-likeness (QED) is 0.640. The van der Waals surface area contributed by atoms with Crippen LogP contribution >= 0.6 is 23.2 Å². The van der Waals surface area contributed by atoms with Crippen LogP contribution in [0.5, 0.6) is 0 Å². The second-order valence-electron chi connectivity index (χ2n) is 3.97. The van der Waals surface area contributed by atoms with Crippen LogP contribution in [-0.2, 0) is 15.8 Å². The number of imide groups is 1. The van der Waals surface area contributed by atoms with E-state index in [1.807, 2.05) is 5.32 Å². The number of benzene rings is 1. The first-order valence-corrected chi connectivity index (χ1v) is 5.88. The van der Waals surface area contributed by atoms with Gasteiger partial charge in [0.1, 0.15) is 5.38 Å². The Balaban J connectivity index is 2.47. The molecule has 1 fully saturated rings. The first-order chi connectivity index (χ1) is 8.71. The fraction of sp³-hybridized carbons (Fsp3) is 0.273. The summed E-state index contributed by atoms with van der Waals surface area (Å²) < 4.78 is 38.1. The van der Waals surface area contributed by atoms with E-state index in [0.717, 1.165) is 12.1 Å². The third kappa shape index (κ3) is 2.55. The third-order valence-electron chi connectivity index (χ3n) is 2.73. The van der Waals surface area contributed by atoms with E-state index in [-0.39, 0.29) is 5.56 Å². The van der Waals surface area contributed by atoms with Crippen LogP contribution in [0.25, 0.3) is 0 Å². The predicted molar refractivity (Wildman–Crippen MR) is 62.0 cm³/mol. The second kappa shape index (κ2) is 4.68. The van der Waals surface area contributed by atoms with Gasteiger partial charge in [-0.1, -0.05) is 17.7 Å². The number of hydrogen-bond donors (Lipinski definition) is 1. The van der Waals surface area contributed by atoms with Gasteiger partial charge in [0.25, 0.3) is 0 Å². The molecular weight excluding hydrogens is 306 g/mol. The Hall–Kier alpha value is -1.27. The summed E-state index contributed by atoms with van der Waals surface area (Å²) >= 11 is 11.2. The largest absolute Gasteiger partial charge is 0.417 e. The maximum Gasteiger partial charge on any atom is 0.417 e.